The van der Waals surface area contributed by atoms with Crippen LogP contribution >= 0.6 is 0 Å². The van der Waals surface area contributed by atoms with Gasteiger partial charge in [-0.2, -0.15) is 0 Å². The third-order valence-corrected chi connectivity index (χ3v) is 3.84. The number of esters is 1. The molecule has 148 valence electrons. The van der Waals surface area contributed by atoms with Crippen molar-refractivity contribution in [3.8, 4) is 0 Å². The number of non-ortho nitro benzene ring substituents is 1. The Labute approximate surface area is 155 Å². The molecule has 0 aliphatic carbocycles. The fraction of sp³-hybridized carbons (Fsp3) is 0.562. The second-order valence-electron chi connectivity index (χ2n) is 5.77. The van der Waals surface area contributed by atoms with Gasteiger partial charge in [0.15, 0.2) is 5.52 Å². The second-order valence-corrected chi connectivity index (χ2v) is 5.77. The highest BCUT2D eigenvalue weighted by Crippen LogP contribution is 2.30. The number of hydrogen-bond donors (Lipinski definition) is 0. The number of aromatic nitrogens is 2. The van der Waals surface area contributed by atoms with Crippen LogP contribution in [0.25, 0.3) is 11.0 Å². The Bertz CT molecular complexity index is 779. The Balaban J connectivity index is 2.00. The third-order valence-electron chi connectivity index (χ3n) is 3.84. The van der Waals surface area contributed by atoms with Gasteiger partial charge in [-0.1, -0.05) is 6.92 Å². The first-order valence-electron chi connectivity index (χ1n) is 8.34. The zero-order valence-corrected chi connectivity index (χ0v) is 15.4. The van der Waals surface area contributed by atoms with Gasteiger partial charge in [0.1, 0.15) is 12.6 Å². The van der Waals surface area contributed by atoms with E-state index in [1.165, 1.54) is 12.1 Å². The van der Waals surface area contributed by atoms with Crippen LogP contribution in [-0.4, -0.2) is 67.8 Å². The summed E-state index contributed by atoms with van der Waals surface area (Å²) in [4.78, 5) is 24.3. The molecule has 1 atom stereocenters. The molecule has 2 rings (SSSR count). The number of nitrogens with zero attached hydrogens (tertiary/aromatic N) is 4. The lowest BCUT2D eigenvalue weighted by Crippen LogP contribution is -2.32. The van der Waals surface area contributed by atoms with Crippen molar-refractivity contribution in [3.63, 3.8) is 0 Å². The minimum atomic E-state index is -0.569. The van der Waals surface area contributed by atoms with Crippen molar-refractivity contribution in [1.82, 2.24) is 10.3 Å². The predicted octanol–water partition coefficient (Wildman–Crippen LogP) is 1.55. The number of benzene rings is 1. The highest BCUT2D eigenvalue weighted by Gasteiger charge is 2.23. The van der Waals surface area contributed by atoms with Gasteiger partial charge in [0.2, 0.25) is 5.52 Å². The first-order chi connectivity index (χ1) is 13.0. The van der Waals surface area contributed by atoms with Crippen molar-refractivity contribution < 1.29 is 28.6 Å². The van der Waals surface area contributed by atoms with Crippen LogP contribution in [0.4, 0.5) is 11.4 Å². The zero-order valence-electron chi connectivity index (χ0n) is 15.4. The number of ether oxygens (including phenoxy) is 3. The lowest BCUT2D eigenvalue weighted by molar-refractivity contribution is -0.383. The molecule has 0 aliphatic rings. The highest BCUT2D eigenvalue weighted by molar-refractivity contribution is 5.94. The first kappa shape index (κ1) is 20.5. The number of hydrogen-bond acceptors (Lipinski definition) is 10. The fourth-order valence-electron chi connectivity index (χ4n) is 2.39. The van der Waals surface area contributed by atoms with Gasteiger partial charge in [0, 0.05) is 20.2 Å². The van der Waals surface area contributed by atoms with Gasteiger partial charge in [-0.3, -0.25) is 14.9 Å². The lowest BCUT2D eigenvalue weighted by Gasteiger charge is -2.21. The quantitative estimate of drug-likeness (QED) is 0.244. The van der Waals surface area contributed by atoms with Gasteiger partial charge < -0.3 is 19.1 Å². The molecular weight excluding hydrogens is 360 g/mol. The molecule has 0 saturated heterocycles. The molecule has 0 N–H and O–H groups in total. The van der Waals surface area contributed by atoms with E-state index in [1.54, 1.807) is 19.1 Å². The van der Waals surface area contributed by atoms with Crippen molar-refractivity contribution in [2.45, 2.75) is 19.4 Å². The number of anilines is 1. The Hall–Kier alpha value is -2.79. The summed E-state index contributed by atoms with van der Waals surface area (Å²) in [7, 11) is 3.22. The minimum Gasteiger partial charge on any atom is -0.459 e. The number of carbonyl (C=O) groups excluding carboxylic acids is 1. The standard InChI is InChI=1S/C16H22N4O7/c1-4-11(10-25-8-7-24-3)26-14(21)9-19(2)12-5-6-13(20(22)23)16-15(12)17-27-18-16/h5-6,11H,4,7-10H2,1-3H3. The number of rotatable bonds is 11. The summed E-state index contributed by atoms with van der Waals surface area (Å²) >= 11 is 0. The van der Waals surface area contributed by atoms with Crippen LogP contribution < -0.4 is 4.90 Å². The van der Waals surface area contributed by atoms with E-state index in [0.29, 0.717) is 25.3 Å². The van der Waals surface area contributed by atoms with E-state index in [9.17, 15) is 14.9 Å². The van der Waals surface area contributed by atoms with Gasteiger partial charge in [-0.05, 0) is 22.8 Å². The van der Waals surface area contributed by atoms with Crippen molar-refractivity contribution in [3.05, 3.63) is 22.2 Å². The van der Waals surface area contributed by atoms with Crippen molar-refractivity contribution in [1.29, 1.82) is 0 Å². The van der Waals surface area contributed by atoms with E-state index in [2.05, 4.69) is 14.9 Å². The highest BCUT2D eigenvalue weighted by atomic mass is 16.6. The maximum absolute atomic E-state index is 12.2. The van der Waals surface area contributed by atoms with Gasteiger partial charge in [-0.25, -0.2) is 4.63 Å². The average molecular weight is 382 g/mol. The van der Waals surface area contributed by atoms with E-state index < -0.39 is 10.9 Å². The van der Waals surface area contributed by atoms with E-state index in [1.807, 2.05) is 6.92 Å². The van der Waals surface area contributed by atoms with Crippen LogP contribution in [0, 0.1) is 10.1 Å². The van der Waals surface area contributed by atoms with E-state index in [-0.39, 0.29) is 36.0 Å². The lowest BCUT2D eigenvalue weighted by atomic mass is 10.2. The molecule has 1 aromatic carbocycles. The fourth-order valence-corrected chi connectivity index (χ4v) is 2.39. The molecule has 0 aliphatic heterocycles. The monoisotopic (exact) mass is 382 g/mol. The van der Waals surface area contributed by atoms with Crippen LogP contribution in [0.15, 0.2) is 16.8 Å². The van der Waals surface area contributed by atoms with Crippen LogP contribution in [0.1, 0.15) is 13.3 Å². The van der Waals surface area contributed by atoms with Crippen LogP contribution in [0.2, 0.25) is 0 Å². The van der Waals surface area contributed by atoms with Crippen molar-refractivity contribution in [2.24, 2.45) is 0 Å². The topological polar surface area (TPSA) is 130 Å². The second kappa shape index (κ2) is 9.78. The van der Waals surface area contributed by atoms with Crippen molar-refractivity contribution >= 4 is 28.4 Å². The average Bonchev–Trinajstić information content (AvgIpc) is 3.12. The SMILES string of the molecule is CCC(COCCOC)OC(=O)CN(C)c1ccc([N+](=O)[O-])c2nonc12. The molecule has 1 heterocycles. The molecule has 0 spiro atoms. The normalized spacial score (nSPS) is 12.1. The Morgan fingerprint density at radius 2 is 2.07 bits per heavy atom. The summed E-state index contributed by atoms with van der Waals surface area (Å²) < 4.78 is 20.3. The first-order valence-corrected chi connectivity index (χ1v) is 8.34. The molecule has 0 bridgehead atoms. The maximum Gasteiger partial charge on any atom is 0.325 e. The molecule has 1 aromatic heterocycles. The minimum absolute atomic E-state index is 0.0238. The zero-order chi connectivity index (χ0) is 19.8. The van der Waals surface area contributed by atoms with Crippen LogP contribution in [-0.2, 0) is 19.0 Å². The van der Waals surface area contributed by atoms with Crippen molar-refractivity contribution in [2.75, 3.05) is 45.4 Å². The summed E-state index contributed by atoms with van der Waals surface area (Å²) in [6, 6.07) is 2.78. The molecule has 0 radical (unpaired) electrons. The third kappa shape index (κ3) is 5.34. The van der Waals surface area contributed by atoms with Gasteiger partial charge in [-0.15, -0.1) is 0 Å². The molecule has 0 fully saturated rings. The molecule has 2 aromatic rings. The molecule has 11 heteroatoms. The number of fused-ring (bicyclic) bond motifs is 1. The van der Waals surface area contributed by atoms with E-state index >= 15 is 0 Å². The maximum atomic E-state index is 12.2. The molecule has 11 nitrogen and oxygen atoms in total. The summed E-state index contributed by atoms with van der Waals surface area (Å²) in [6.45, 7) is 2.99. The largest absolute Gasteiger partial charge is 0.459 e. The van der Waals surface area contributed by atoms with Crippen LogP contribution in [0.3, 0.4) is 0 Å². The number of methoxy groups -OCH3 is 1. The molecule has 0 amide bonds. The Kier molecular flexibility index (Phi) is 7.44. The molecular formula is C16H22N4O7. The number of nitro benzene ring substituents is 1. The van der Waals surface area contributed by atoms with Crippen LogP contribution in [0.5, 0.6) is 0 Å². The van der Waals surface area contributed by atoms with E-state index in [4.69, 9.17) is 14.2 Å². The Morgan fingerprint density at radius 3 is 2.74 bits per heavy atom. The summed E-state index contributed by atoms with van der Waals surface area (Å²) in [5.41, 5.74) is 0.480. The predicted molar refractivity (Wildman–Crippen MR) is 94.6 cm³/mol. The Morgan fingerprint density at radius 1 is 1.33 bits per heavy atom. The summed E-state index contributed by atoms with van der Waals surface area (Å²) in [5.74, 6) is -0.456. The number of carbonyl (C=O) groups is 1. The smallest absolute Gasteiger partial charge is 0.325 e. The summed E-state index contributed by atoms with van der Waals surface area (Å²) in [6.07, 6.45) is 0.241. The summed E-state index contributed by atoms with van der Waals surface area (Å²) in [5, 5.41) is 18.3. The van der Waals surface area contributed by atoms with Gasteiger partial charge in [0.05, 0.1) is 30.4 Å². The van der Waals surface area contributed by atoms with Gasteiger partial charge >= 0.3 is 11.7 Å². The molecule has 27 heavy (non-hydrogen) atoms. The molecule has 1 unspecified atom stereocenters. The number of likely N-dealkylation sites (N-methyl/N-ethyl adjacent to an activating group) is 1. The number of nitro groups is 1. The van der Waals surface area contributed by atoms with E-state index in [0.717, 1.165) is 0 Å². The van der Waals surface area contributed by atoms with Gasteiger partial charge in [0.25, 0.3) is 0 Å². The molecule has 0 saturated carbocycles.